The van der Waals surface area contributed by atoms with Crippen LogP contribution in [0.1, 0.15) is 11.5 Å². The van der Waals surface area contributed by atoms with Gasteiger partial charge in [0, 0.05) is 30.6 Å². The van der Waals surface area contributed by atoms with Gasteiger partial charge in [0.25, 0.3) is 0 Å². The van der Waals surface area contributed by atoms with Crippen LogP contribution in [-0.4, -0.2) is 38.2 Å². The van der Waals surface area contributed by atoms with Crippen molar-refractivity contribution < 1.29 is 4.74 Å². The molecule has 1 aromatic rings. The van der Waals surface area contributed by atoms with Crippen LogP contribution in [0.5, 0.6) is 5.75 Å². The summed E-state index contributed by atoms with van der Waals surface area (Å²) in [4.78, 5) is 2.27. The van der Waals surface area contributed by atoms with Gasteiger partial charge in [-0.05, 0) is 13.1 Å². The Balaban J connectivity index is 2.29. The van der Waals surface area contributed by atoms with Gasteiger partial charge in [-0.2, -0.15) is 0 Å². The average molecular weight is 206 g/mol. The summed E-state index contributed by atoms with van der Waals surface area (Å²) in [5.74, 6) is 1.35. The van der Waals surface area contributed by atoms with Gasteiger partial charge in [-0.15, -0.1) is 0 Å². The monoisotopic (exact) mass is 206 g/mol. The number of hydrogen-bond acceptors (Lipinski definition) is 3. The quantitative estimate of drug-likeness (QED) is 0.786. The molecule has 1 aliphatic rings. The minimum atomic E-state index is 0.214. The lowest BCUT2D eigenvalue weighted by molar-refractivity contribution is 0.395. The number of nitrogens with zero attached hydrogens (tertiary/aromatic N) is 1. The molecular formula is C12H18N2O. The number of hydrogen-bond donors (Lipinski definition) is 1. The summed E-state index contributed by atoms with van der Waals surface area (Å²) < 4.78 is 5.37. The first-order chi connectivity index (χ1) is 7.22. The van der Waals surface area contributed by atoms with E-state index in [9.17, 15) is 0 Å². The summed E-state index contributed by atoms with van der Waals surface area (Å²) in [5.41, 5.74) is 7.36. The van der Waals surface area contributed by atoms with Crippen molar-refractivity contribution in [3.05, 3.63) is 29.8 Å². The van der Waals surface area contributed by atoms with Crippen molar-refractivity contribution in [2.75, 3.05) is 27.2 Å². The van der Waals surface area contributed by atoms with Gasteiger partial charge in [0.2, 0.25) is 0 Å². The van der Waals surface area contributed by atoms with E-state index in [1.165, 1.54) is 5.56 Å². The third-order valence-electron chi connectivity index (χ3n) is 3.09. The van der Waals surface area contributed by atoms with Crippen LogP contribution in [0.2, 0.25) is 0 Å². The fourth-order valence-corrected chi connectivity index (χ4v) is 2.33. The second-order valence-electron chi connectivity index (χ2n) is 4.23. The van der Waals surface area contributed by atoms with Gasteiger partial charge in [0.1, 0.15) is 5.75 Å². The van der Waals surface area contributed by atoms with Gasteiger partial charge in [-0.1, -0.05) is 18.2 Å². The molecule has 0 spiro atoms. The summed E-state index contributed by atoms with van der Waals surface area (Å²) in [6.07, 6.45) is 0. The normalized spacial score (nSPS) is 26.9. The SMILES string of the molecule is COc1ccccc1[C@H]1CN(C)C[C@H]1N. The highest BCUT2D eigenvalue weighted by molar-refractivity contribution is 5.38. The minimum absolute atomic E-state index is 0.214. The molecule has 0 amide bonds. The maximum atomic E-state index is 6.13. The number of benzene rings is 1. The van der Waals surface area contributed by atoms with Crippen LogP contribution in [0, 0.1) is 0 Å². The van der Waals surface area contributed by atoms with Crippen LogP contribution >= 0.6 is 0 Å². The lowest BCUT2D eigenvalue weighted by atomic mass is 9.94. The Morgan fingerprint density at radius 2 is 2.07 bits per heavy atom. The van der Waals surface area contributed by atoms with E-state index in [-0.39, 0.29) is 6.04 Å². The highest BCUT2D eigenvalue weighted by Gasteiger charge is 2.30. The molecule has 0 bridgehead atoms. The van der Waals surface area contributed by atoms with Crippen LogP contribution < -0.4 is 10.5 Å². The van der Waals surface area contributed by atoms with E-state index in [0.29, 0.717) is 5.92 Å². The molecule has 1 fully saturated rings. The van der Waals surface area contributed by atoms with E-state index in [2.05, 4.69) is 18.0 Å². The third kappa shape index (κ3) is 1.98. The maximum absolute atomic E-state index is 6.13. The predicted molar refractivity (Wildman–Crippen MR) is 61.2 cm³/mol. The molecule has 0 unspecified atom stereocenters. The number of likely N-dealkylation sites (tertiary alicyclic amines) is 1. The number of methoxy groups -OCH3 is 1. The molecule has 1 saturated heterocycles. The Hall–Kier alpha value is -1.06. The number of ether oxygens (including phenoxy) is 1. The zero-order chi connectivity index (χ0) is 10.8. The fourth-order valence-electron chi connectivity index (χ4n) is 2.33. The second-order valence-corrected chi connectivity index (χ2v) is 4.23. The highest BCUT2D eigenvalue weighted by Crippen LogP contribution is 2.31. The van der Waals surface area contributed by atoms with E-state index >= 15 is 0 Å². The molecular weight excluding hydrogens is 188 g/mol. The van der Waals surface area contributed by atoms with Crippen molar-refractivity contribution in [1.29, 1.82) is 0 Å². The minimum Gasteiger partial charge on any atom is -0.496 e. The Morgan fingerprint density at radius 1 is 1.33 bits per heavy atom. The smallest absolute Gasteiger partial charge is 0.122 e. The Bertz CT molecular complexity index is 340. The molecule has 1 heterocycles. The Morgan fingerprint density at radius 3 is 2.67 bits per heavy atom. The lowest BCUT2D eigenvalue weighted by Crippen LogP contribution is -2.28. The van der Waals surface area contributed by atoms with Gasteiger partial charge >= 0.3 is 0 Å². The zero-order valence-electron chi connectivity index (χ0n) is 9.31. The summed E-state index contributed by atoms with van der Waals surface area (Å²) in [5, 5.41) is 0. The summed E-state index contributed by atoms with van der Waals surface area (Å²) >= 11 is 0. The average Bonchev–Trinajstić information content (AvgIpc) is 2.57. The molecule has 2 N–H and O–H groups in total. The summed E-state index contributed by atoms with van der Waals surface area (Å²) in [6, 6.07) is 8.37. The van der Waals surface area contributed by atoms with E-state index in [0.717, 1.165) is 18.8 Å². The first-order valence-electron chi connectivity index (χ1n) is 5.29. The topological polar surface area (TPSA) is 38.5 Å². The van der Waals surface area contributed by atoms with Crippen LogP contribution in [-0.2, 0) is 0 Å². The van der Waals surface area contributed by atoms with Crippen molar-refractivity contribution in [3.63, 3.8) is 0 Å². The van der Waals surface area contributed by atoms with Crippen LogP contribution in [0.4, 0.5) is 0 Å². The van der Waals surface area contributed by atoms with E-state index in [1.54, 1.807) is 7.11 Å². The largest absolute Gasteiger partial charge is 0.496 e. The summed E-state index contributed by atoms with van der Waals surface area (Å²) in [7, 11) is 3.82. The molecule has 1 aromatic carbocycles. The van der Waals surface area contributed by atoms with E-state index in [1.807, 2.05) is 18.2 Å². The van der Waals surface area contributed by atoms with E-state index < -0.39 is 0 Å². The van der Waals surface area contributed by atoms with Crippen molar-refractivity contribution in [1.82, 2.24) is 4.90 Å². The van der Waals surface area contributed by atoms with Crippen molar-refractivity contribution >= 4 is 0 Å². The Kier molecular flexibility index (Phi) is 2.93. The number of nitrogens with two attached hydrogens (primary N) is 1. The van der Waals surface area contributed by atoms with Gasteiger partial charge in [0.15, 0.2) is 0 Å². The third-order valence-corrected chi connectivity index (χ3v) is 3.09. The number of para-hydroxylation sites is 1. The molecule has 2 rings (SSSR count). The molecule has 0 aromatic heterocycles. The molecule has 0 aliphatic carbocycles. The van der Waals surface area contributed by atoms with Gasteiger partial charge in [-0.3, -0.25) is 0 Å². The van der Waals surface area contributed by atoms with Crippen molar-refractivity contribution in [3.8, 4) is 5.75 Å². The van der Waals surface area contributed by atoms with Gasteiger partial charge in [0.05, 0.1) is 7.11 Å². The van der Waals surface area contributed by atoms with Crippen molar-refractivity contribution in [2.24, 2.45) is 5.73 Å². The van der Waals surface area contributed by atoms with Crippen molar-refractivity contribution in [2.45, 2.75) is 12.0 Å². The first-order valence-corrected chi connectivity index (χ1v) is 5.29. The molecule has 1 aliphatic heterocycles. The fraction of sp³-hybridized carbons (Fsp3) is 0.500. The van der Waals surface area contributed by atoms with E-state index in [4.69, 9.17) is 10.5 Å². The maximum Gasteiger partial charge on any atom is 0.122 e. The predicted octanol–water partition coefficient (Wildman–Crippen LogP) is 1.05. The molecule has 15 heavy (non-hydrogen) atoms. The molecule has 0 radical (unpaired) electrons. The number of rotatable bonds is 2. The Labute approximate surface area is 90.8 Å². The highest BCUT2D eigenvalue weighted by atomic mass is 16.5. The second kappa shape index (κ2) is 4.21. The number of likely N-dealkylation sites (N-methyl/N-ethyl adjacent to an activating group) is 1. The molecule has 2 atom stereocenters. The molecule has 3 nitrogen and oxygen atoms in total. The van der Waals surface area contributed by atoms with Gasteiger partial charge < -0.3 is 15.4 Å². The zero-order valence-corrected chi connectivity index (χ0v) is 9.31. The standard InChI is InChI=1S/C12H18N2O/c1-14-7-10(11(13)8-14)9-5-3-4-6-12(9)15-2/h3-6,10-11H,7-8,13H2,1-2H3/t10-,11-/m1/s1. The molecule has 3 heteroatoms. The molecule has 0 saturated carbocycles. The molecule has 82 valence electrons. The lowest BCUT2D eigenvalue weighted by Gasteiger charge is -2.17. The van der Waals surface area contributed by atoms with Gasteiger partial charge in [-0.25, -0.2) is 0 Å². The van der Waals surface area contributed by atoms with Crippen LogP contribution in [0.15, 0.2) is 24.3 Å². The first kappa shape index (κ1) is 10.5. The summed E-state index contributed by atoms with van der Waals surface area (Å²) in [6.45, 7) is 1.98. The van der Waals surface area contributed by atoms with Crippen LogP contribution in [0.25, 0.3) is 0 Å². The van der Waals surface area contributed by atoms with Crippen LogP contribution in [0.3, 0.4) is 0 Å².